The van der Waals surface area contributed by atoms with E-state index in [0.717, 1.165) is 11.8 Å². The van der Waals surface area contributed by atoms with E-state index in [0.29, 0.717) is 10.8 Å². The highest BCUT2D eigenvalue weighted by Gasteiger charge is 2.27. The number of hydrogen-bond donors (Lipinski definition) is 0. The van der Waals surface area contributed by atoms with Gasteiger partial charge in [0.25, 0.3) is 0 Å². The number of nitrogens with zero attached hydrogens (tertiary/aromatic N) is 2. The van der Waals surface area contributed by atoms with E-state index in [-0.39, 0.29) is 0 Å². The van der Waals surface area contributed by atoms with Crippen molar-refractivity contribution in [1.82, 2.24) is 9.80 Å². The topological polar surface area (TPSA) is 6.48 Å². The van der Waals surface area contributed by atoms with E-state index in [1.807, 2.05) is 0 Å². The highest BCUT2D eigenvalue weighted by Crippen LogP contribution is 2.31. The number of likely N-dealkylation sites (tertiary alicyclic amines) is 2. The van der Waals surface area contributed by atoms with Crippen LogP contribution in [0.1, 0.15) is 73.6 Å². The second-order valence-corrected chi connectivity index (χ2v) is 10.8. The second kappa shape index (κ2) is 7.87. The molecule has 0 bridgehead atoms. The van der Waals surface area contributed by atoms with E-state index in [1.54, 1.807) is 0 Å². The summed E-state index contributed by atoms with van der Waals surface area (Å²) < 4.78 is 0. The van der Waals surface area contributed by atoms with Crippen molar-refractivity contribution in [3.63, 3.8) is 0 Å². The van der Waals surface area contributed by atoms with E-state index in [1.165, 1.54) is 71.4 Å². The first-order chi connectivity index (χ1) is 10.6. The molecule has 0 atom stereocenters. The molecule has 0 radical (unpaired) electrons. The average Bonchev–Trinajstić information content (AvgIpc) is 2.40. The summed E-state index contributed by atoms with van der Waals surface area (Å²) in [6.45, 7) is 22.2. The van der Waals surface area contributed by atoms with Gasteiger partial charge in [-0.2, -0.15) is 0 Å². The van der Waals surface area contributed by atoms with Gasteiger partial charge in [-0.3, -0.25) is 0 Å². The molecular formula is C21H42N2. The quantitative estimate of drug-likeness (QED) is 0.727. The third kappa shape index (κ3) is 7.56. The normalized spacial score (nSPS) is 24.3. The van der Waals surface area contributed by atoms with Gasteiger partial charge >= 0.3 is 0 Å². The van der Waals surface area contributed by atoms with Crippen LogP contribution in [0, 0.1) is 22.7 Å². The Morgan fingerprint density at radius 2 is 1.13 bits per heavy atom. The molecule has 0 aromatic rings. The van der Waals surface area contributed by atoms with Crippen LogP contribution in [0.2, 0.25) is 0 Å². The van der Waals surface area contributed by atoms with Gasteiger partial charge in [0.15, 0.2) is 0 Å². The van der Waals surface area contributed by atoms with Crippen LogP contribution in [-0.4, -0.2) is 49.1 Å². The number of rotatable bonds is 4. The van der Waals surface area contributed by atoms with Gasteiger partial charge in [0, 0.05) is 13.1 Å². The van der Waals surface area contributed by atoms with Gasteiger partial charge in [-0.1, -0.05) is 41.5 Å². The summed E-state index contributed by atoms with van der Waals surface area (Å²) in [5.41, 5.74) is 0.953. The van der Waals surface area contributed by atoms with Crippen molar-refractivity contribution in [3.05, 3.63) is 0 Å². The number of hydrogen-bond acceptors (Lipinski definition) is 2. The van der Waals surface area contributed by atoms with Crippen molar-refractivity contribution in [2.45, 2.75) is 73.6 Å². The summed E-state index contributed by atoms with van der Waals surface area (Å²) in [4.78, 5) is 5.45. The van der Waals surface area contributed by atoms with Crippen LogP contribution in [0.4, 0.5) is 0 Å². The van der Waals surface area contributed by atoms with Crippen molar-refractivity contribution in [2.24, 2.45) is 22.7 Å². The van der Waals surface area contributed by atoms with Crippen LogP contribution < -0.4 is 0 Å². The lowest BCUT2D eigenvalue weighted by Crippen LogP contribution is -2.43. The van der Waals surface area contributed by atoms with Crippen LogP contribution in [-0.2, 0) is 0 Å². The molecule has 0 unspecified atom stereocenters. The zero-order chi connectivity index (χ0) is 17.1. The van der Waals surface area contributed by atoms with Gasteiger partial charge in [-0.15, -0.1) is 0 Å². The maximum atomic E-state index is 2.77. The van der Waals surface area contributed by atoms with E-state index < -0.39 is 0 Å². The van der Waals surface area contributed by atoms with E-state index in [9.17, 15) is 0 Å². The molecule has 0 saturated carbocycles. The molecule has 2 aliphatic rings. The molecule has 2 rings (SSSR count). The molecule has 0 aromatic carbocycles. The van der Waals surface area contributed by atoms with Gasteiger partial charge in [0.2, 0.25) is 0 Å². The lowest BCUT2D eigenvalue weighted by molar-refractivity contribution is 0.0938. The fourth-order valence-electron chi connectivity index (χ4n) is 4.60. The molecule has 0 aliphatic carbocycles. The van der Waals surface area contributed by atoms with E-state index >= 15 is 0 Å². The third-order valence-corrected chi connectivity index (χ3v) is 5.53. The molecule has 2 heteroatoms. The minimum atomic E-state index is 0.446. The Bertz CT molecular complexity index is 300. The molecule has 2 nitrogen and oxygen atoms in total. The minimum Gasteiger partial charge on any atom is -0.303 e. The standard InChI is InChI=1S/C21H42N2/c1-20(2,3)15-18-7-11-22(12-8-18)16-19-9-13-23(14-10-19)17-21(4,5)6/h18-19H,7-17H2,1-6H3. The smallest absolute Gasteiger partial charge is 0.00300 e. The summed E-state index contributed by atoms with van der Waals surface area (Å²) in [5.74, 6) is 1.92. The van der Waals surface area contributed by atoms with Crippen molar-refractivity contribution < 1.29 is 0 Å². The zero-order valence-corrected chi connectivity index (χ0v) is 16.8. The second-order valence-electron chi connectivity index (χ2n) is 10.8. The monoisotopic (exact) mass is 322 g/mol. The number of piperidine rings is 2. The van der Waals surface area contributed by atoms with Gasteiger partial charge in [-0.05, 0) is 80.9 Å². The first kappa shape index (κ1) is 19.2. The maximum Gasteiger partial charge on any atom is 0.00300 e. The summed E-state index contributed by atoms with van der Waals surface area (Å²) in [6, 6.07) is 0. The van der Waals surface area contributed by atoms with Crippen LogP contribution >= 0.6 is 0 Å². The van der Waals surface area contributed by atoms with Crippen molar-refractivity contribution in [1.29, 1.82) is 0 Å². The van der Waals surface area contributed by atoms with Gasteiger partial charge in [0.05, 0.1) is 0 Å². The molecule has 0 spiro atoms. The van der Waals surface area contributed by atoms with Crippen LogP contribution in [0.3, 0.4) is 0 Å². The lowest BCUT2D eigenvalue weighted by atomic mass is 9.80. The molecule has 2 saturated heterocycles. The van der Waals surface area contributed by atoms with Crippen molar-refractivity contribution in [2.75, 3.05) is 39.3 Å². The largest absolute Gasteiger partial charge is 0.303 e. The maximum absolute atomic E-state index is 2.77. The third-order valence-electron chi connectivity index (χ3n) is 5.53. The van der Waals surface area contributed by atoms with Crippen molar-refractivity contribution >= 4 is 0 Å². The van der Waals surface area contributed by atoms with E-state index in [4.69, 9.17) is 0 Å². The Kier molecular flexibility index (Phi) is 6.58. The van der Waals surface area contributed by atoms with Crippen LogP contribution in [0.5, 0.6) is 0 Å². The highest BCUT2D eigenvalue weighted by atomic mass is 15.2. The summed E-state index contributed by atoms with van der Waals surface area (Å²) in [6.07, 6.45) is 7.10. The van der Waals surface area contributed by atoms with Crippen LogP contribution in [0.25, 0.3) is 0 Å². The fraction of sp³-hybridized carbons (Fsp3) is 1.00. The average molecular weight is 323 g/mol. The lowest BCUT2D eigenvalue weighted by Gasteiger charge is -2.40. The first-order valence-corrected chi connectivity index (χ1v) is 10.1. The minimum absolute atomic E-state index is 0.446. The molecular weight excluding hydrogens is 280 g/mol. The van der Waals surface area contributed by atoms with Crippen LogP contribution in [0.15, 0.2) is 0 Å². The summed E-state index contributed by atoms with van der Waals surface area (Å²) in [7, 11) is 0. The molecule has 0 amide bonds. The van der Waals surface area contributed by atoms with Crippen molar-refractivity contribution in [3.8, 4) is 0 Å². The predicted octanol–water partition coefficient (Wildman–Crippen LogP) is 4.89. The molecule has 2 heterocycles. The molecule has 2 aliphatic heterocycles. The Morgan fingerprint density at radius 3 is 1.61 bits per heavy atom. The molecule has 136 valence electrons. The Labute approximate surface area is 146 Å². The summed E-state index contributed by atoms with van der Waals surface area (Å²) in [5, 5.41) is 0. The Balaban J connectivity index is 1.64. The molecule has 2 fully saturated rings. The SMILES string of the molecule is CC(C)(C)CC1CCN(CC2CCN(CC(C)(C)C)CC2)CC1. The summed E-state index contributed by atoms with van der Waals surface area (Å²) >= 11 is 0. The van der Waals surface area contributed by atoms with E-state index in [2.05, 4.69) is 51.3 Å². The van der Waals surface area contributed by atoms with Gasteiger partial charge in [-0.25, -0.2) is 0 Å². The Hall–Kier alpha value is -0.0800. The van der Waals surface area contributed by atoms with Gasteiger partial charge in [0.1, 0.15) is 0 Å². The first-order valence-electron chi connectivity index (χ1n) is 10.1. The zero-order valence-electron chi connectivity index (χ0n) is 16.8. The van der Waals surface area contributed by atoms with Gasteiger partial charge < -0.3 is 9.80 Å². The highest BCUT2D eigenvalue weighted by molar-refractivity contribution is 4.81. The molecule has 0 N–H and O–H groups in total. The Morgan fingerprint density at radius 1 is 0.652 bits per heavy atom. The predicted molar refractivity (Wildman–Crippen MR) is 102 cm³/mol. The fourth-order valence-corrected chi connectivity index (χ4v) is 4.60. The molecule has 23 heavy (non-hydrogen) atoms. The molecule has 0 aromatic heterocycles.